The molecule has 0 spiro atoms. The molecule has 3 nitrogen and oxygen atoms in total. The van der Waals surface area contributed by atoms with Crippen molar-refractivity contribution in [2.45, 2.75) is 26.2 Å². The van der Waals surface area contributed by atoms with E-state index < -0.39 is 0 Å². The molecule has 1 aromatic heterocycles. The quantitative estimate of drug-likeness (QED) is 0.818. The molecule has 0 amide bonds. The van der Waals surface area contributed by atoms with Crippen molar-refractivity contribution in [2.75, 3.05) is 24.2 Å². The monoisotopic (exact) mass is 243 g/mol. The van der Waals surface area contributed by atoms with Crippen molar-refractivity contribution in [1.82, 2.24) is 4.98 Å². The van der Waals surface area contributed by atoms with Crippen molar-refractivity contribution in [1.29, 1.82) is 0 Å². The molecule has 2 N–H and O–H groups in total. The molecule has 0 saturated carbocycles. The average Bonchev–Trinajstić information content (AvgIpc) is 2.38. The molecule has 2 rings (SSSR count). The predicted molar refractivity (Wildman–Crippen MR) is 79.0 cm³/mol. The van der Waals surface area contributed by atoms with Crippen LogP contribution in [0.2, 0.25) is 0 Å². The number of nitrogen functional groups attached to an aromatic ring is 1. The Labute approximate surface area is 109 Å². The molecule has 0 atom stereocenters. The molecule has 96 valence electrons. The maximum Gasteiger partial charge on any atom is 0.0745 e. The molecule has 1 aromatic carbocycles. The second-order valence-electron chi connectivity index (χ2n) is 4.71. The topological polar surface area (TPSA) is 42.1 Å². The van der Waals surface area contributed by atoms with Gasteiger partial charge in [0, 0.05) is 19.0 Å². The first-order valence-corrected chi connectivity index (χ1v) is 6.58. The van der Waals surface area contributed by atoms with Gasteiger partial charge in [0.1, 0.15) is 0 Å². The molecule has 18 heavy (non-hydrogen) atoms. The standard InChI is InChI=1S/C15H21N3/c1-3-4-7-10-18(2)15-12-8-5-6-9-14(12)17-11-13(15)16/h5-6,8-9,11H,3-4,7,10,16H2,1-2H3. The van der Waals surface area contributed by atoms with Gasteiger partial charge in [0.2, 0.25) is 0 Å². The lowest BCUT2D eigenvalue weighted by Crippen LogP contribution is -2.20. The smallest absolute Gasteiger partial charge is 0.0745 e. The second kappa shape index (κ2) is 5.71. The molecular weight excluding hydrogens is 222 g/mol. The minimum atomic E-state index is 0.757. The summed E-state index contributed by atoms with van der Waals surface area (Å²) in [7, 11) is 2.10. The first kappa shape index (κ1) is 12.7. The predicted octanol–water partition coefficient (Wildman–Crippen LogP) is 3.44. The highest BCUT2D eigenvalue weighted by atomic mass is 15.1. The van der Waals surface area contributed by atoms with Crippen molar-refractivity contribution < 1.29 is 0 Å². The molecule has 0 aliphatic heterocycles. The van der Waals surface area contributed by atoms with Crippen LogP contribution in [0.4, 0.5) is 11.4 Å². The average molecular weight is 243 g/mol. The van der Waals surface area contributed by atoms with E-state index in [-0.39, 0.29) is 0 Å². The number of rotatable bonds is 5. The summed E-state index contributed by atoms with van der Waals surface area (Å²) in [5.41, 5.74) is 8.96. The van der Waals surface area contributed by atoms with Gasteiger partial charge in [-0.05, 0) is 12.5 Å². The van der Waals surface area contributed by atoms with Crippen molar-refractivity contribution in [3.8, 4) is 0 Å². The summed E-state index contributed by atoms with van der Waals surface area (Å²) in [6, 6.07) is 8.15. The van der Waals surface area contributed by atoms with E-state index >= 15 is 0 Å². The Morgan fingerprint density at radius 2 is 2.00 bits per heavy atom. The molecule has 0 bridgehead atoms. The Kier molecular flexibility index (Phi) is 4.03. The van der Waals surface area contributed by atoms with Crippen molar-refractivity contribution in [3.05, 3.63) is 30.5 Å². The van der Waals surface area contributed by atoms with Crippen LogP contribution in [0.3, 0.4) is 0 Å². The van der Waals surface area contributed by atoms with E-state index in [4.69, 9.17) is 5.73 Å². The van der Waals surface area contributed by atoms with Crippen molar-refractivity contribution in [3.63, 3.8) is 0 Å². The Bertz CT molecular complexity index is 522. The maximum atomic E-state index is 6.09. The minimum Gasteiger partial charge on any atom is -0.396 e. The van der Waals surface area contributed by atoms with Crippen LogP contribution in [-0.4, -0.2) is 18.6 Å². The van der Waals surface area contributed by atoms with Crippen LogP contribution in [0.1, 0.15) is 26.2 Å². The van der Waals surface area contributed by atoms with E-state index in [1.165, 1.54) is 19.3 Å². The Hall–Kier alpha value is -1.77. The van der Waals surface area contributed by atoms with Crippen LogP contribution in [0, 0.1) is 0 Å². The molecule has 3 heteroatoms. The molecule has 1 heterocycles. The van der Waals surface area contributed by atoms with Gasteiger partial charge in [-0.1, -0.05) is 38.0 Å². The lowest BCUT2D eigenvalue weighted by atomic mass is 10.1. The van der Waals surface area contributed by atoms with E-state index in [0.29, 0.717) is 0 Å². The Balaban J connectivity index is 2.33. The molecule has 0 radical (unpaired) electrons. The number of fused-ring (bicyclic) bond motifs is 1. The molecule has 0 aliphatic carbocycles. The van der Waals surface area contributed by atoms with Gasteiger partial charge in [0.25, 0.3) is 0 Å². The van der Waals surface area contributed by atoms with Crippen LogP contribution in [-0.2, 0) is 0 Å². The van der Waals surface area contributed by atoms with Gasteiger partial charge in [-0.3, -0.25) is 4.98 Å². The number of unbranched alkanes of at least 4 members (excludes halogenated alkanes) is 2. The number of pyridine rings is 1. The van der Waals surface area contributed by atoms with Gasteiger partial charge in [0.15, 0.2) is 0 Å². The van der Waals surface area contributed by atoms with Gasteiger partial charge in [0.05, 0.1) is 23.1 Å². The summed E-state index contributed by atoms with van der Waals surface area (Å²) in [6.45, 7) is 3.25. The summed E-state index contributed by atoms with van der Waals surface area (Å²) < 4.78 is 0. The highest BCUT2D eigenvalue weighted by Gasteiger charge is 2.10. The van der Waals surface area contributed by atoms with Crippen LogP contribution >= 0.6 is 0 Å². The first-order valence-electron chi connectivity index (χ1n) is 6.58. The lowest BCUT2D eigenvalue weighted by Gasteiger charge is -2.22. The summed E-state index contributed by atoms with van der Waals surface area (Å²) in [5.74, 6) is 0. The molecule has 0 unspecified atom stereocenters. The summed E-state index contributed by atoms with van der Waals surface area (Å²) >= 11 is 0. The maximum absolute atomic E-state index is 6.09. The van der Waals surface area contributed by atoms with Crippen LogP contribution in [0.15, 0.2) is 30.5 Å². The number of hydrogen-bond donors (Lipinski definition) is 1. The zero-order valence-electron chi connectivity index (χ0n) is 11.2. The third-order valence-electron chi connectivity index (χ3n) is 3.25. The molecule has 2 aromatic rings. The number of nitrogens with zero attached hydrogens (tertiary/aromatic N) is 2. The van der Waals surface area contributed by atoms with Crippen molar-refractivity contribution >= 4 is 22.3 Å². The molecular formula is C15H21N3. The van der Waals surface area contributed by atoms with E-state index in [0.717, 1.165) is 28.8 Å². The summed E-state index contributed by atoms with van der Waals surface area (Å²) in [6.07, 6.45) is 5.45. The van der Waals surface area contributed by atoms with E-state index in [9.17, 15) is 0 Å². The zero-order valence-corrected chi connectivity index (χ0v) is 11.2. The second-order valence-corrected chi connectivity index (χ2v) is 4.71. The van der Waals surface area contributed by atoms with Gasteiger partial charge < -0.3 is 10.6 Å². The van der Waals surface area contributed by atoms with E-state index in [1.54, 1.807) is 6.20 Å². The normalized spacial score (nSPS) is 10.8. The van der Waals surface area contributed by atoms with Gasteiger partial charge in [-0.25, -0.2) is 0 Å². The highest BCUT2D eigenvalue weighted by Crippen LogP contribution is 2.30. The van der Waals surface area contributed by atoms with E-state index in [1.807, 2.05) is 18.2 Å². The number of para-hydroxylation sites is 1. The minimum absolute atomic E-state index is 0.757. The third-order valence-corrected chi connectivity index (χ3v) is 3.25. The van der Waals surface area contributed by atoms with Crippen LogP contribution < -0.4 is 10.6 Å². The number of aromatic nitrogens is 1. The fourth-order valence-corrected chi connectivity index (χ4v) is 2.28. The third kappa shape index (κ3) is 2.55. The number of anilines is 2. The molecule has 0 saturated heterocycles. The SMILES string of the molecule is CCCCCN(C)c1c(N)cnc2ccccc12. The number of nitrogens with two attached hydrogens (primary N) is 1. The fourth-order valence-electron chi connectivity index (χ4n) is 2.28. The Morgan fingerprint density at radius 1 is 1.22 bits per heavy atom. The molecule has 0 aliphatic rings. The van der Waals surface area contributed by atoms with Crippen LogP contribution in [0.5, 0.6) is 0 Å². The highest BCUT2D eigenvalue weighted by molar-refractivity contribution is 5.97. The Morgan fingerprint density at radius 3 is 2.78 bits per heavy atom. The summed E-state index contributed by atoms with van der Waals surface area (Å²) in [4.78, 5) is 6.61. The van der Waals surface area contributed by atoms with Crippen molar-refractivity contribution in [2.24, 2.45) is 0 Å². The first-order chi connectivity index (χ1) is 8.74. The molecule has 0 fully saturated rings. The zero-order chi connectivity index (χ0) is 13.0. The van der Waals surface area contributed by atoms with Gasteiger partial charge >= 0.3 is 0 Å². The largest absolute Gasteiger partial charge is 0.396 e. The summed E-state index contributed by atoms with van der Waals surface area (Å²) in [5, 5.41) is 1.14. The van der Waals surface area contributed by atoms with Crippen LogP contribution in [0.25, 0.3) is 10.9 Å². The number of hydrogen-bond acceptors (Lipinski definition) is 3. The van der Waals surface area contributed by atoms with Gasteiger partial charge in [-0.15, -0.1) is 0 Å². The van der Waals surface area contributed by atoms with E-state index in [2.05, 4.69) is 29.9 Å². The lowest BCUT2D eigenvalue weighted by molar-refractivity contribution is 0.706. The fraction of sp³-hybridized carbons (Fsp3) is 0.400. The number of benzene rings is 1. The van der Waals surface area contributed by atoms with Gasteiger partial charge in [-0.2, -0.15) is 0 Å².